The number of rotatable bonds is 9. The number of hydrogen-bond acceptors (Lipinski definition) is 5. The number of benzene rings is 3. The number of amides is 1. The van der Waals surface area contributed by atoms with Gasteiger partial charge in [0.05, 0.1) is 27.0 Å². The molecule has 0 bridgehead atoms. The molecule has 166 valence electrons. The maximum Gasteiger partial charge on any atom is 0.248 e. The fraction of sp³-hybridized carbons (Fsp3) is 0.192. The summed E-state index contributed by atoms with van der Waals surface area (Å²) < 4.78 is 21.9. The van der Waals surface area contributed by atoms with E-state index < -0.39 is 0 Å². The van der Waals surface area contributed by atoms with Gasteiger partial charge in [0.2, 0.25) is 5.91 Å². The second-order valence-corrected chi connectivity index (χ2v) is 7.01. The van der Waals surface area contributed by atoms with Gasteiger partial charge >= 0.3 is 0 Å². The Morgan fingerprint density at radius 2 is 1.62 bits per heavy atom. The third kappa shape index (κ3) is 5.82. The van der Waals surface area contributed by atoms with Gasteiger partial charge in [0, 0.05) is 12.1 Å². The van der Waals surface area contributed by atoms with Crippen molar-refractivity contribution in [3.8, 4) is 23.0 Å². The third-order valence-corrected chi connectivity index (χ3v) is 4.92. The number of methoxy groups -OCH3 is 3. The van der Waals surface area contributed by atoms with Crippen LogP contribution >= 0.6 is 0 Å². The Morgan fingerprint density at radius 1 is 0.875 bits per heavy atom. The summed E-state index contributed by atoms with van der Waals surface area (Å²) in [5, 5.41) is 2.80. The lowest BCUT2D eigenvalue weighted by Gasteiger charge is -2.12. The van der Waals surface area contributed by atoms with Crippen molar-refractivity contribution in [1.29, 1.82) is 0 Å². The van der Waals surface area contributed by atoms with Crippen LogP contribution in [0.25, 0.3) is 6.08 Å². The maximum absolute atomic E-state index is 12.4. The van der Waals surface area contributed by atoms with E-state index in [1.165, 1.54) is 11.6 Å². The van der Waals surface area contributed by atoms with Gasteiger partial charge in [0.1, 0.15) is 18.1 Å². The Kier molecular flexibility index (Phi) is 7.75. The van der Waals surface area contributed by atoms with E-state index in [4.69, 9.17) is 18.9 Å². The van der Waals surface area contributed by atoms with E-state index in [9.17, 15) is 4.79 Å². The van der Waals surface area contributed by atoms with Crippen LogP contribution in [0.1, 0.15) is 16.7 Å². The molecule has 0 aromatic heterocycles. The lowest BCUT2D eigenvalue weighted by molar-refractivity contribution is -0.111. The molecular formula is C26H27NO5. The number of nitrogens with one attached hydrogen (secondary N) is 1. The SMILES string of the molecule is COc1ccc(OC)c(NC(=O)C=Cc2ccc(OCc3ccccc3C)c(OC)c2)c1. The van der Waals surface area contributed by atoms with Crippen LogP contribution in [-0.2, 0) is 11.4 Å². The van der Waals surface area contributed by atoms with Crippen molar-refractivity contribution in [2.24, 2.45) is 0 Å². The van der Waals surface area contributed by atoms with E-state index in [-0.39, 0.29) is 5.91 Å². The smallest absolute Gasteiger partial charge is 0.248 e. The van der Waals surface area contributed by atoms with Gasteiger partial charge in [-0.25, -0.2) is 0 Å². The average Bonchev–Trinajstić information content (AvgIpc) is 2.82. The molecule has 0 spiro atoms. The molecule has 0 atom stereocenters. The highest BCUT2D eigenvalue weighted by molar-refractivity contribution is 6.03. The van der Waals surface area contributed by atoms with Crippen LogP contribution < -0.4 is 24.3 Å². The number of carbonyl (C=O) groups excluding carboxylic acids is 1. The molecule has 0 fully saturated rings. The molecule has 0 saturated heterocycles. The Morgan fingerprint density at radius 3 is 2.34 bits per heavy atom. The quantitative estimate of drug-likeness (QED) is 0.467. The lowest BCUT2D eigenvalue weighted by atomic mass is 10.1. The molecule has 32 heavy (non-hydrogen) atoms. The Bertz CT molecular complexity index is 1110. The Labute approximate surface area is 188 Å². The summed E-state index contributed by atoms with van der Waals surface area (Å²) in [6, 6.07) is 18.8. The highest BCUT2D eigenvalue weighted by atomic mass is 16.5. The summed E-state index contributed by atoms with van der Waals surface area (Å²) in [4.78, 5) is 12.4. The molecule has 1 N–H and O–H groups in total. The van der Waals surface area contributed by atoms with E-state index in [0.29, 0.717) is 35.3 Å². The first-order chi connectivity index (χ1) is 15.5. The molecule has 0 aliphatic rings. The predicted molar refractivity (Wildman–Crippen MR) is 126 cm³/mol. The molecule has 1 amide bonds. The third-order valence-electron chi connectivity index (χ3n) is 4.92. The van der Waals surface area contributed by atoms with Crippen LogP contribution in [0.15, 0.2) is 66.7 Å². The summed E-state index contributed by atoms with van der Waals surface area (Å²) in [5.74, 6) is 2.10. The van der Waals surface area contributed by atoms with E-state index in [1.807, 2.05) is 36.4 Å². The first-order valence-corrected chi connectivity index (χ1v) is 10.1. The van der Waals surface area contributed by atoms with Crippen molar-refractivity contribution in [3.05, 3.63) is 83.4 Å². The fourth-order valence-corrected chi connectivity index (χ4v) is 3.09. The van der Waals surface area contributed by atoms with Gasteiger partial charge in [-0.1, -0.05) is 30.3 Å². The van der Waals surface area contributed by atoms with E-state index in [2.05, 4.69) is 18.3 Å². The number of hydrogen-bond donors (Lipinski definition) is 1. The van der Waals surface area contributed by atoms with Crippen molar-refractivity contribution in [2.45, 2.75) is 13.5 Å². The highest BCUT2D eigenvalue weighted by Gasteiger charge is 2.09. The van der Waals surface area contributed by atoms with Gasteiger partial charge in [-0.2, -0.15) is 0 Å². The van der Waals surface area contributed by atoms with Crippen LogP contribution in [0.2, 0.25) is 0 Å². The van der Waals surface area contributed by atoms with Crippen LogP contribution in [0, 0.1) is 6.92 Å². The number of anilines is 1. The van der Waals surface area contributed by atoms with Crippen molar-refractivity contribution in [2.75, 3.05) is 26.6 Å². The molecule has 6 heteroatoms. The van der Waals surface area contributed by atoms with Crippen molar-refractivity contribution in [1.82, 2.24) is 0 Å². The zero-order valence-corrected chi connectivity index (χ0v) is 18.7. The van der Waals surface area contributed by atoms with E-state index >= 15 is 0 Å². The summed E-state index contributed by atoms with van der Waals surface area (Å²) in [6.07, 6.45) is 3.15. The minimum absolute atomic E-state index is 0.296. The van der Waals surface area contributed by atoms with Gasteiger partial charge in [-0.3, -0.25) is 4.79 Å². The molecule has 0 heterocycles. The van der Waals surface area contributed by atoms with Gasteiger partial charge in [-0.15, -0.1) is 0 Å². The molecule has 0 unspecified atom stereocenters. The summed E-state index contributed by atoms with van der Waals surface area (Å²) in [5.41, 5.74) is 3.62. The molecule has 3 aromatic rings. The maximum atomic E-state index is 12.4. The average molecular weight is 434 g/mol. The van der Waals surface area contributed by atoms with Gasteiger partial charge in [0.15, 0.2) is 11.5 Å². The predicted octanol–water partition coefficient (Wildman–Crippen LogP) is 5.25. The second-order valence-electron chi connectivity index (χ2n) is 7.01. The zero-order valence-electron chi connectivity index (χ0n) is 18.7. The topological polar surface area (TPSA) is 66.0 Å². The summed E-state index contributed by atoms with van der Waals surface area (Å²) in [6.45, 7) is 2.50. The largest absolute Gasteiger partial charge is 0.497 e. The Hall–Kier alpha value is -3.93. The lowest BCUT2D eigenvalue weighted by Crippen LogP contribution is -2.09. The first kappa shape index (κ1) is 22.7. The fourth-order valence-electron chi connectivity index (χ4n) is 3.09. The van der Waals surface area contributed by atoms with Gasteiger partial charge < -0.3 is 24.3 Å². The van der Waals surface area contributed by atoms with Crippen molar-refractivity contribution >= 4 is 17.7 Å². The standard InChI is InChI=1S/C26H27NO5/c1-18-7-5-6-8-20(18)17-32-24-12-9-19(15-25(24)31-4)10-14-26(28)27-22-16-21(29-2)11-13-23(22)30-3/h5-16H,17H2,1-4H3,(H,27,28). The first-order valence-electron chi connectivity index (χ1n) is 10.1. The minimum Gasteiger partial charge on any atom is -0.497 e. The minimum atomic E-state index is -0.296. The summed E-state index contributed by atoms with van der Waals surface area (Å²) >= 11 is 0. The van der Waals surface area contributed by atoms with Crippen LogP contribution in [0.5, 0.6) is 23.0 Å². The van der Waals surface area contributed by atoms with Crippen LogP contribution in [-0.4, -0.2) is 27.2 Å². The number of carbonyl (C=O) groups is 1. The monoisotopic (exact) mass is 433 g/mol. The number of ether oxygens (including phenoxy) is 4. The van der Waals surface area contributed by atoms with Crippen LogP contribution in [0.4, 0.5) is 5.69 Å². The molecule has 0 saturated carbocycles. The van der Waals surface area contributed by atoms with E-state index in [0.717, 1.165) is 11.1 Å². The molecule has 6 nitrogen and oxygen atoms in total. The molecule has 3 rings (SSSR count). The molecule has 0 aliphatic heterocycles. The van der Waals surface area contributed by atoms with Gasteiger partial charge in [-0.05, 0) is 54.0 Å². The second kappa shape index (κ2) is 10.9. The highest BCUT2D eigenvalue weighted by Crippen LogP contribution is 2.30. The number of aryl methyl sites for hydroxylation is 1. The zero-order chi connectivity index (χ0) is 22.9. The van der Waals surface area contributed by atoms with E-state index in [1.54, 1.807) is 45.6 Å². The Balaban J connectivity index is 1.68. The molecule has 3 aromatic carbocycles. The molecule has 0 aliphatic carbocycles. The van der Waals surface area contributed by atoms with Crippen molar-refractivity contribution in [3.63, 3.8) is 0 Å². The molecule has 0 radical (unpaired) electrons. The normalized spacial score (nSPS) is 10.6. The van der Waals surface area contributed by atoms with Crippen molar-refractivity contribution < 1.29 is 23.7 Å². The summed E-state index contributed by atoms with van der Waals surface area (Å²) in [7, 11) is 4.70. The van der Waals surface area contributed by atoms with Gasteiger partial charge in [0.25, 0.3) is 0 Å². The van der Waals surface area contributed by atoms with Crippen LogP contribution in [0.3, 0.4) is 0 Å². The molecular weight excluding hydrogens is 406 g/mol.